The van der Waals surface area contributed by atoms with Crippen molar-refractivity contribution in [2.75, 3.05) is 19.0 Å². The smallest absolute Gasteiger partial charge is 0.240 e. The molecule has 1 atom stereocenters. The molecule has 0 heterocycles. The fraction of sp³-hybridized carbons (Fsp3) is 0.417. The topological polar surface area (TPSA) is 111 Å². The van der Waals surface area contributed by atoms with Crippen LogP contribution in [0, 0.1) is 0 Å². The number of amides is 1. The van der Waals surface area contributed by atoms with Gasteiger partial charge in [-0.2, -0.15) is 0 Å². The summed E-state index contributed by atoms with van der Waals surface area (Å²) in [4.78, 5) is 11.1. The predicted octanol–water partition coefficient (Wildman–Crippen LogP) is 0.279. The molecule has 1 amide bonds. The zero-order valence-corrected chi connectivity index (χ0v) is 12.5. The van der Waals surface area contributed by atoms with Crippen LogP contribution in [-0.4, -0.2) is 34.0 Å². The van der Waals surface area contributed by atoms with E-state index in [4.69, 9.17) is 10.5 Å². The van der Waals surface area contributed by atoms with Crippen molar-refractivity contribution < 1.29 is 17.9 Å². The first-order valence-corrected chi connectivity index (χ1v) is 7.45. The van der Waals surface area contributed by atoms with Crippen LogP contribution in [0.4, 0.5) is 5.69 Å². The van der Waals surface area contributed by atoms with Gasteiger partial charge in [-0.3, -0.25) is 4.79 Å². The maximum atomic E-state index is 12.1. The van der Waals surface area contributed by atoms with E-state index in [-0.39, 0.29) is 23.4 Å². The highest BCUT2D eigenvalue weighted by atomic mass is 32.2. The van der Waals surface area contributed by atoms with Crippen molar-refractivity contribution >= 4 is 21.6 Å². The average Bonchev–Trinajstić information content (AvgIpc) is 2.35. The molecular weight excluding hydrogens is 282 g/mol. The fourth-order valence-electron chi connectivity index (χ4n) is 1.47. The van der Waals surface area contributed by atoms with Gasteiger partial charge in [-0.25, -0.2) is 13.1 Å². The van der Waals surface area contributed by atoms with Crippen molar-refractivity contribution in [3.8, 4) is 5.75 Å². The summed E-state index contributed by atoms with van der Waals surface area (Å²) in [6, 6.07) is 3.92. The van der Waals surface area contributed by atoms with Crippen LogP contribution < -0.4 is 20.5 Å². The van der Waals surface area contributed by atoms with Gasteiger partial charge in [0.25, 0.3) is 0 Å². The third-order valence-electron chi connectivity index (χ3n) is 2.39. The van der Waals surface area contributed by atoms with E-state index in [9.17, 15) is 13.2 Å². The Morgan fingerprint density at radius 3 is 2.60 bits per heavy atom. The van der Waals surface area contributed by atoms with Gasteiger partial charge in [0.2, 0.25) is 15.9 Å². The van der Waals surface area contributed by atoms with Crippen molar-refractivity contribution in [1.29, 1.82) is 0 Å². The molecule has 1 aromatic rings. The molecule has 112 valence electrons. The molecule has 1 unspecified atom stereocenters. The maximum absolute atomic E-state index is 12.1. The Bertz CT molecular complexity index is 584. The number of carbonyl (C=O) groups is 1. The molecule has 0 aliphatic heterocycles. The summed E-state index contributed by atoms with van der Waals surface area (Å²) in [6.07, 6.45) is 0. The molecule has 4 N–H and O–H groups in total. The van der Waals surface area contributed by atoms with Crippen LogP contribution in [0.1, 0.15) is 13.8 Å². The van der Waals surface area contributed by atoms with Crippen LogP contribution in [-0.2, 0) is 14.8 Å². The highest BCUT2D eigenvalue weighted by Gasteiger charge is 2.17. The minimum atomic E-state index is -3.68. The second-order valence-corrected chi connectivity index (χ2v) is 6.14. The predicted molar refractivity (Wildman–Crippen MR) is 76.1 cm³/mol. The monoisotopic (exact) mass is 301 g/mol. The largest absolute Gasteiger partial charge is 0.495 e. The number of nitrogens with two attached hydrogens (primary N) is 1. The Balaban J connectivity index is 3.10. The SMILES string of the molecule is COc1ccc(S(=O)(=O)NCC(C)N)cc1NC(C)=O. The summed E-state index contributed by atoms with van der Waals surface area (Å²) in [5.41, 5.74) is 5.81. The lowest BCUT2D eigenvalue weighted by Gasteiger charge is -2.13. The Hall–Kier alpha value is -1.64. The number of anilines is 1. The molecule has 0 spiro atoms. The number of ether oxygens (including phenoxy) is 1. The van der Waals surface area contributed by atoms with Crippen molar-refractivity contribution in [3.63, 3.8) is 0 Å². The van der Waals surface area contributed by atoms with Crippen LogP contribution in [0.5, 0.6) is 5.75 Å². The molecule has 8 heteroatoms. The van der Waals surface area contributed by atoms with Gasteiger partial charge in [-0.05, 0) is 25.1 Å². The number of hydrogen-bond acceptors (Lipinski definition) is 5. The second-order valence-electron chi connectivity index (χ2n) is 4.37. The van der Waals surface area contributed by atoms with Crippen molar-refractivity contribution in [2.24, 2.45) is 5.73 Å². The number of carbonyl (C=O) groups excluding carboxylic acids is 1. The summed E-state index contributed by atoms with van der Waals surface area (Å²) in [5, 5.41) is 2.52. The molecule has 0 radical (unpaired) electrons. The van der Waals surface area contributed by atoms with E-state index >= 15 is 0 Å². The van der Waals surface area contributed by atoms with Gasteiger partial charge in [0.1, 0.15) is 5.75 Å². The van der Waals surface area contributed by atoms with E-state index in [1.807, 2.05) is 0 Å². The van der Waals surface area contributed by atoms with Crippen LogP contribution in [0.2, 0.25) is 0 Å². The van der Waals surface area contributed by atoms with E-state index < -0.39 is 10.0 Å². The van der Waals surface area contributed by atoms with Crippen LogP contribution in [0.25, 0.3) is 0 Å². The first-order valence-electron chi connectivity index (χ1n) is 5.97. The number of methoxy groups -OCH3 is 1. The zero-order chi connectivity index (χ0) is 15.3. The average molecular weight is 301 g/mol. The Kier molecular flexibility index (Phi) is 5.49. The van der Waals surface area contributed by atoms with E-state index in [1.165, 1.54) is 32.2 Å². The molecule has 1 aromatic carbocycles. The summed E-state index contributed by atoms with van der Waals surface area (Å²) in [6.45, 7) is 3.15. The first-order chi connectivity index (χ1) is 9.26. The second kappa shape index (κ2) is 6.69. The summed E-state index contributed by atoms with van der Waals surface area (Å²) < 4.78 is 31.6. The van der Waals surface area contributed by atoms with Gasteiger partial charge in [0.15, 0.2) is 0 Å². The lowest BCUT2D eigenvalue weighted by molar-refractivity contribution is -0.114. The fourth-order valence-corrected chi connectivity index (χ4v) is 2.64. The quantitative estimate of drug-likeness (QED) is 0.699. The Morgan fingerprint density at radius 2 is 2.10 bits per heavy atom. The van der Waals surface area contributed by atoms with Gasteiger partial charge in [-0.1, -0.05) is 0 Å². The summed E-state index contributed by atoms with van der Waals surface area (Å²) in [5.74, 6) is 0.0627. The van der Waals surface area contributed by atoms with Crippen molar-refractivity contribution in [3.05, 3.63) is 18.2 Å². The van der Waals surface area contributed by atoms with Gasteiger partial charge in [-0.15, -0.1) is 0 Å². The third kappa shape index (κ3) is 4.48. The van der Waals surface area contributed by atoms with Crippen LogP contribution in [0.15, 0.2) is 23.1 Å². The zero-order valence-electron chi connectivity index (χ0n) is 11.6. The van der Waals surface area contributed by atoms with E-state index in [0.717, 1.165) is 0 Å². The van der Waals surface area contributed by atoms with Crippen molar-refractivity contribution in [1.82, 2.24) is 4.72 Å². The van der Waals surface area contributed by atoms with Gasteiger partial charge in [0, 0.05) is 19.5 Å². The molecule has 1 rings (SSSR count). The Morgan fingerprint density at radius 1 is 1.45 bits per heavy atom. The number of hydrogen-bond donors (Lipinski definition) is 3. The van der Waals surface area contributed by atoms with E-state index in [2.05, 4.69) is 10.0 Å². The molecule has 7 nitrogen and oxygen atoms in total. The van der Waals surface area contributed by atoms with Crippen LogP contribution in [0.3, 0.4) is 0 Å². The molecular formula is C12H19N3O4S. The van der Waals surface area contributed by atoms with Gasteiger partial charge < -0.3 is 15.8 Å². The maximum Gasteiger partial charge on any atom is 0.240 e. The van der Waals surface area contributed by atoms with E-state index in [1.54, 1.807) is 6.92 Å². The highest BCUT2D eigenvalue weighted by Crippen LogP contribution is 2.27. The lowest BCUT2D eigenvalue weighted by atomic mass is 10.3. The van der Waals surface area contributed by atoms with Gasteiger partial charge in [0.05, 0.1) is 17.7 Å². The highest BCUT2D eigenvalue weighted by molar-refractivity contribution is 7.89. The molecule has 0 saturated carbocycles. The number of sulfonamides is 1. The number of benzene rings is 1. The summed E-state index contributed by atoms with van der Waals surface area (Å²) in [7, 11) is -2.24. The van der Waals surface area contributed by atoms with Crippen molar-refractivity contribution in [2.45, 2.75) is 24.8 Å². The molecule has 0 saturated heterocycles. The standard InChI is InChI=1S/C12H19N3O4S/c1-8(13)7-14-20(17,18)10-4-5-12(19-3)11(6-10)15-9(2)16/h4-6,8,14H,7,13H2,1-3H3,(H,15,16). The molecule has 0 aliphatic rings. The summed E-state index contributed by atoms with van der Waals surface area (Å²) >= 11 is 0. The number of nitrogens with one attached hydrogen (secondary N) is 2. The van der Waals surface area contributed by atoms with Gasteiger partial charge >= 0.3 is 0 Å². The van der Waals surface area contributed by atoms with Crippen LogP contribution >= 0.6 is 0 Å². The molecule has 0 fully saturated rings. The normalized spacial score (nSPS) is 12.8. The molecule has 0 aromatic heterocycles. The lowest BCUT2D eigenvalue weighted by Crippen LogP contribution is -2.35. The molecule has 0 bridgehead atoms. The minimum absolute atomic E-state index is 0.0303. The number of rotatable bonds is 6. The van der Waals surface area contributed by atoms with E-state index in [0.29, 0.717) is 11.4 Å². The first kappa shape index (κ1) is 16.4. The molecule has 20 heavy (non-hydrogen) atoms. The Labute approximate surface area is 118 Å². The minimum Gasteiger partial charge on any atom is -0.495 e. The third-order valence-corrected chi connectivity index (χ3v) is 3.81. The molecule has 0 aliphatic carbocycles.